The van der Waals surface area contributed by atoms with Crippen molar-refractivity contribution in [1.29, 1.82) is 0 Å². The van der Waals surface area contributed by atoms with Crippen LogP contribution in [0.25, 0.3) is 0 Å². The third-order valence-electron chi connectivity index (χ3n) is 2.45. The predicted octanol–water partition coefficient (Wildman–Crippen LogP) is 3.28. The highest BCUT2D eigenvalue weighted by Crippen LogP contribution is 2.18. The van der Waals surface area contributed by atoms with Crippen molar-refractivity contribution >= 4 is 0 Å². The standard InChI is InChI=1S/C11H19N3O.2C2H6/c1-3-9(12)10(4-2)14(13)11-7-5-6-8-15-11;2*1-2/h3-4,11H,1-2,5-8,12-13H2;2*1-2H3/b10-9-;;. The smallest absolute Gasteiger partial charge is 0.144 e. The SMILES string of the molecule is C=C/C(N)=C(\C=C)N(N)C1CCCCO1.CC.CC. The Labute approximate surface area is 118 Å². The third-order valence-corrected chi connectivity index (χ3v) is 2.45. The van der Waals surface area contributed by atoms with Crippen LogP contribution in [0.15, 0.2) is 36.7 Å². The minimum atomic E-state index is -0.106. The molecule has 19 heavy (non-hydrogen) atoms. The van der Waals surface area contributed by atoms with E-state index in [0.717, 1.165) is 25.9 Å². The predicted molar refractivity (Wildman–Crippen MR) is 83.9 cm³/mol. The first-order valence-corrected chi connectivity index (χ1v) is 7.11. The number of ether oxygens (including phenoxy) is 1. The molecule has 0 aromatic heterocycles. The first-order chi connectivity index (χ1) is 9.20. The van der Waals surface area contributed by atoms with Crippen LogP contribution in [0.4, 0.5) is 0 Å². The van der Waals surface area contributed by atoms with Crippen LogP contribution in [0.5, 0.6) is 0 Å². The van der Waals surface area contributed by atoms with Crippen molar-refractivity contribution in [3.63, 3.8) is 0 Å². The van der Waals surface area contributed by atoms with Gasteiger partial charge in [0.2, 0.25) is 0 Å². The molecule has 4 heteroatoms. The molecule has 112 valence electrons. The highest BCUT2D eigenvalue weighted by molar-refractivity contribution is 5.27. The van der Waals surface area contributed by atoms with Gasteiger partial charge in [-0.25, -0.2) is 5.84 Å². The van der Waals surface area contributed by atoms with E-state index in [2.05, 4.69) is 13.2 Å². The molecule has 4 nitrogen and oxygen atoms in total. The number of rotatable bonds is 4. The largest absolute Gasteiger partial charge is 0.397 e. The molecule has 1 atom stereocenters. The Bertz CT molecular complexity index is 269. The minimum Gasteiger partial charge on any atom is -0.397 e. The Morgan fingerprint density at radius 3 is 2.11 bits per heavy atom. The number of hydrogen-bond acceptors (Lipinski definition) is 4. The van der Waals surface area contributed by atoms with Gasteiger partial charge in [-0.3, -0.25) is 5.01 Å². The highest BCUT2D eigenvalue weighted by Gasteiger charge is 2.20. The second-order valence-electron chi connectivity index (χ2n) is 3.48. The Hall–Kier alpha value is -1.26. The van der Waals surface area contributed by atoms with Gasteiger partial charge < -0.3 is 10.5 Å². The number of hydrazine groups is 1. The molecular formula is C15H31N3O. The highest BCUT2D eigenvalue weighted by atomic mass is 16.5. The molecule has 0 aromatic carbocycles. The lowest BCUT2D eigenvalue weighted by Gasteiger charge is -2.33. The van der Waals surface area contributed by atoms with E-state index in [1.54, 1.807) is 12.2 Å². The molecular weight excluding hydrogens is 238 g/mol. The number of nitrogens with two attached hydrogens (primary N) is 2. The fourth-order valence-corrected chi connectivity index (χ4v) is 1.58. The summed E-state index contributed by atoms with van der Waals surface area (Å²) in [6.07, 6.45) is 6.20. The van der Waals surface area contributed by atoms with E-state index in [-0.39, 0.29) is 6.23 Å². The molecule has 4 N–H and O–H groups in total. The topological polar surface area (TPSA) is 64.5 Å². The van der Waals surface area contributed by atoms with Crippen LogP contribution in [0.1, 0.15) is 47.0 Å². The second-order valence-corrected chi connectivity index (χ2v) is 3.48. The summed E-state index contributed by atoms with van der Waals surface area (Å²) in [4.78, 5) is 0. The maximum absolute atomic E-state index is 5.93. The number of allylic oxidation sites excluding steroid dienone is 2. The molecule has 1 fully saturated rings. The molecule has 1 aliphatic heterocycles. The van der Waals surface area contributed by atoms with Gasteiger partial charge in [-0.15, -0.1) is 0 Å². The molecule has 0 amide bonds. The number of nitrogens with zero attached hydrogens (tertiary/aromatic N) is 1. The van der Waals surface area contributed by atoms with Crippen molar-refractivity contribution in [2.75, 3.05) is 6.61 Å². The van der Waals surface area contributed by atoms with Crippen LogP contribution in [-0.2, 0) is 4.74 Å². The molecule has 1 unspecified atom stereocenters. The molecule has 1 rings (SSSR count). The summed E-state index contributed by atoms with van der Waals surface area (Å²) in [5.41, 5.74) is 6.93. The molecule has 1 aliphatic rings. The normalized spacial score (nSPS) is 18.7. The van der Waals surface area contributed by atoms with Crippen LogP contribution in [0.3, 0.4) is 0 Å². The zero-order valence-electron chi connectivity index (χ0n) is 13.0. The van der Waals surface area contributed by atoms with E-state index in [4.69, 9.17) is 16.3 Å². The van der Waals surface area contributed by atoms with Crippen molar-refractivity contribution in [3.05, 3.63) is 36.7 Å². The fraction of sp³-hybridized carbons (Fsp3) is 0.600. The quantitative estimate of drug-likeness (QED) is 0.467. The zero-order valence-corrected chi connectivity index (χ0v) is 13.0. The van der Waals surface area contributed by atoms with Crippen molar-refractivity contribution in [2.24, 2.45) is 11.6 Å². The van der Waals surface area contributed by atoms with Crippen LogP contribution < -0.4 is 11.6 Å². The van der Waals surface area contributed by atoms with Crippen LogP contribution in [-0.4, -0.2) is 17.8 Å². The summed E-state index contributed by atoms with van der Waals surface area (Å²) in [6.45, 7) is 16.0. The van der Waals surface area contributed by atoms with Gasteiger partial charge in [0, 0.05) is 6.61 Å². The van der Waals surface area contributed by atoms with Crippen molar-refractivity contribution in [2.45, 2.75) is 53.2 Å². The summed E-state index contributed by atoms with van der Waals surface area (Å²) in [5.74, 6) is 5.93. The number of hydrogen-bond donors (Lipinski definition) is 2. The van der Waals surface area contributed by atoms with E-state index in [1.807, 2.05) is 27.7 Å². The van der Waals surface area contributed by atoms with Gasteiger partial charge in [0.05, 0.1) is 11.4 Å². The Morgan fingerprint density at radius 1 is 1.16 bits per heavy atom. The van der Waals surface area contributed by atoms with Crippen molar-refractivity contribution in [1.82, 2.24) is 5.01 Å². The first-order valence-electron chi connectivity index (χ1n) is 7.11. The van der Waals surface area contributed by atoms with E-state index >= 15 is 0 Å². The molecule has 0 bridgehead atoms. The average Bonchev–Trinajstić information content (AvgIpc) is 2.52. The molecule has 1 heterocycles. The zero-order chi connectivity index (χ0) is 15.3. The Morgan fingerprint density at radius 2 is 1.74 bits per heavy atom. The summed E-state index contributed by atoms with van der Waals surface area (Å²) in [7, 11) is 0. The Kier molecular flexibility index (Phi) is 13.9. The van der Waals surface area contributed by atoms with Crippen LogP contribution >= 0.6 is 0 Å². The van der Waals surface area contributed by atoms with Crippen molar-refractivity contribution < 1.29 is 4.74 Å². The molecule has 1 saturated heterocycles. The summed E-state index contributed by atoms with van der Waals surface area (Å²) in [6, 6.07) is 0. The second kappa shape index (κ2) is 13.2. The Balaban J connectivity index is 0. The molecule has 0 saturated carbocycles. The molecule has 0 aliphatic carbocycles. The lowest BCUT2D eigenvalue weighted by molar-refractivity contribution is -0.0705. The van der Waals surface area contributed by atoms with Crippen LogP contribution in [0.2, 0.25) is 0 Å². The maximum Gasteiger partial charge on any atom is 0.144 e. The van der Waals surface area contributed by atoms with E-state index < -0.39 is 0 Å². The van der Waals surface area contributed by atoms with Gasteiger partial charge in [-0.2, -0.15) is 0 Å². The minimum absolute atomic E-state index is 0.106. The third kappa shape index (κ3) is 7.03. The van der Waals surface area contributed by atoms with Gasteiger partial charge in [0.15, 0.2) is 0 Å². The van der Waals surface area contributed by atoms with Gasteiger partial charge >= 0.3 is 0 Å². The van der Waals surface area contributed by atoms with Crippen molar-refractivity contribution in [3.8, 4) is 0 Å². The van der Waals surface area contributed by atoms with Gasteiger partial charge in [0.25, 0.3) is 0 Å². The lowest BCUT2D eigenvalue weighted by Crippen LogP contribution is -2.44. The lowest BCUT2D eigenvalue weighted by atomic mass is 10.1. The molecule has 0 spiro atoms. The van der Waals surface area contributed by atoms with E-state index in [9.17, 15) is 0 Å². The van der Waals surface area contributed by atoms with E-state index in [1.165, 1.54) is 5.01 Å². The summed E-state index contributed by atoms with van der Waals surface area (Å²) < 4.78 is 5.55. The first kappa shape index (κ1) is 20.1. The molecule has 0 radical (unpaired) electrons. The van der Waals surface area contributed by atoms with Gasteiger partial charge in [-0.05, 0) is 31.4 Å². The fourth-order valence-electron chi connectivity index (χ4n) is 1.58. The monoisotopic (exact) mass is 269 g/mol. The summed E-state index contributed by atoms with van der Waals surface area (Å²) >= 11 is 0. The summed E-state index contributed by atoms with van der Waals surface area (Å²) in [5, 5.41) is 1.53. The average molecular weight is 269 g/mol. The van der Waals surface area contributed by atoms with E-state index in [0.29, 0.717) is 11.4 Å². The van der Waals surface area contributed by atoms with Gasteiger partial charge in [0.1, 0.15) is 6.23 Å². The molecule has 0 aromatic rings. The maximum atomic E-state index is 5.93. The van der Waals surface area contributed by atoms with Crippen LogP contribution in [0, 0.1) is 0 Å². The van der Waals surface area contributed by atoms with Gasteiger partial charge in [-0.1, -0.05) is 40.9 Å².